The topological polar surface area (TPSA) is 83.2 Å². The largest absolute Gasteiger partial charge is 0.508 e. The summed E-state index contributed by atoms with van der Waals surface area (Å²) in [6, 6.07) is 3.96. The molecule has 7 nitrogen and oxygen atoms in total. The fourth-order valence-corrected chi connectivity index (χ4v) is 5.85. The van der Waals surface area contributed by atoms with Crippen LogP contribution in [0.3, 0.4) is 0 Å². The number of rotatable bonds is 8. The van der Waals surface area contributed by atoms with Crippen LogP contribution in [0, 0.1) is 19.8 Å². The average Bonchev–Trinajstić information content (AvgIpc) is 2.84. The van der Waals surface area contributed by atoms with Gasteiger partial charge < -0.3 is 24.1 Å². The summed E-state index contributed by atoms with van der Waals surface area (Å²) in [5, 5.41) is 10.8. The van der Waals surface area contributed by atoms with Gasteiger partial charge in [-0.05, 0) is 82.7 Å². The maximum atomic E-state index is 13.3. The molecule has 1 aromatic heterocycles. The third-order valence-electron chi connectivity index (χ3n) is 7.87. The van der Waals surface area contributed by atoms with Crippen LogP contribution in [0.2, 0.25) is 0 Å². The molecule has 0 unspecified atom stereocenters. The standard InChI is InChI=1S/C27H38N2O5/c1-18-21-9-11-24(30)19(2)26(21)34-27(32)22(18)10-12-25(31)29(15-16-33-3)17-20-7-6-14-28-13-5-4-8-23(20)28/h9,11,20,23,30H,4-8,10,12-17H2,1-3H3/t20-,23+/m0/s1. The Balaban J connectivity index is 1.48. The molecule has 0 saturated carbocycles. The van der Waals surface area contributed by atoms with E-state index in [9.17, 15) is 14.7 Å². The number of hydrogen-bond acceptors (Lipinski definition) is 6. The minimum absolute atomic E-state index is 0.0609. The maximum absolute atomic E-state index is 13.3. The Morgan fingerprint density at radius 3 is 2.76 bits per heavy atom. The van der Waals surface area contributed by atoms with Crippen molar-refractivity contribution in [3.05, 3.63) is 39.2 Å². The van der Waals surface area contributed by atoms with Crippen LogP contribution in [-0.2, 0) is 16.0 Å². The van der Waals surface area contributed by atoms with Gasteiger partial charge in [-0.1, -0.05) is 6.42 Å². The highest BCUT2D eigenvalue weighted by Gasteiger charge is 2.34. The van der Waals surface area contributed by atoms with Crippen molar-refractivity contribution < 1.29 is 19.1 Å². The number of carbonyl (C=O) groups excluding carboxylic acids is 1. The first-order valence-electron chi connectivity index (χ1n) is 12.7. The van der Waals surface area contributed by atoms with E-state index in [0.29, 0.717) is 48.2 Å². The highest BCUT2D eigenvalue weighted by atomic mass is 16.5. The minimum Gasteiger partial charge on any atom is -0.508 e. The van der Waals surface area contributed by atoms with Crippen LogP contribution < -0.4 is 5.63 Å². The highest BCUT2D eigenvalue weighted by molar-refractivity contribution is 5.85. The fraction of sp³-hybridized carbons (Fsp3) is 0.630. The second kappa shape index (κ2) is 10.9. The quantitative estimate of drug-likeness (QED) is 0.591. The van der Waals surface area contributed by atoms with E-state index in [-0.39, 0.29) is 18.1 Å². The van der Waals surface area contributed by atoms with Gasteiger partial charge >= 0.3 is 5.63 Å². The van der Waals surface area contributed by atoms with Crippen molar-refractivity contribution in [2.75, 3.05) is 39.9 Å². The smallest absolute Gasteiger partial charge is 0.339 e. The van der Waals surface area contributed by atoms with Gasteiger partial charge in [-0.15, -0.1) is 0 Å². The monoisotopic (exact) mass is 470 g/mol. The van der Waals surface area contributed by atoms with Crippen molar-refractivity contribution >= 4 is 16.9 Å². The molecule has 2 atom stereocenters. The summed E-state index contributed by atoms with van der Waals surface area (Å²) >= 11 is 0. The number of ether oxygens (including phenoxy) is 1. The Morgan fingerprint density at radius 2 is 1.97 bits per heavy atom. The molecule has 1 N–H and O–H groups in total. The number of benzene rings is 1. The summed E-state index contributed by atoms with van der Waals surface area (Å²) in [4.78, 5) is 30.7. The molecule has 34 heavy (non-hydrogen) atoms. The van der Waals surface area contributed by atoms with E-state index in [1.54, 1.807) is 26.2 Å². The van der Waals surface area contributed by atoms with Crippen LogP contribution in [0.15, 0.2) is 21.3 Å². The van der Waals surface area contributed by atoms with Crippen molar-refractivity contribution in [3.8, 4) is 5.75 Å². The minimum atomic E-state index is -0.430. The van der Waals surface area contributed by atoms with Gasteiger partial charge in [0.25, 0.3) is 0 Å². The van der Waals surface area contributed by atoms with E-state index in [2.05, 4.69) is 4.90 Å². The number of phenols is 1. The third-order valence-corrected chi connectivity index (χ3v) is 7.87. The molecule has 1 aromatic carbocycles. The van der Waals surface area contributed by atoms with Crippen molar-refractivity contribution in [1.82, 2.24) is 9.80 Å². The average molecular weight is 471 g/mol. The predicted octanol–water partition coefficient (Wildman–Crippen LogP) is 3.79. The van der Waals surface area contributed by atoms with Crippen molar-refractivity contribution in [3.63, 3.8) is 0 Å². The maximum Gasteiger partial charge on any atom is 0.339 e. The Labute approximate surface area is 201 Å². The zero-order valence-corrected chi connectivity index (χ0v) is 20.8. The molecule has 2 aliphatic rings. The van der Waals surface area contributed by atoms with Crippen LogP contribution in [0.1, 0.15) is 55.2 Å². The molecule has 7 heteroatoms. The van der Waals surface area contributed by atoms with E-state index in [4.69, 9.17) is 9.15 Å². The number of aryl methyl sites for hydroxylation is 2. The second-order valence-electron chi connectivity index (χ2n) is 9.91. The lowest BCUT2D eigenvalue weighted by Crippen LogP contribution is -2.52. The van der Waals surface area contributed by atoms with Crippen LogP contribution in [0.25, 0.3) is 11.0 Å². The zero-order chi connectivity index (χ0) is 24.2. The van der Waals surface area contributed by atoms with Gasteiger partial charge in [-0.25, -0.2) is 4.79 Å². The highest BCUT2D eigenvalue weighted by Crippen LogP contribution is 2.32. The summed E-state index contributed by atoms with van der Waals surface area (Å²) in [7, 11) is 1.66. The number of fused-ring (bicyclic) bond motifs is 2. The van der Waals surface area contributed by atoms with Crippen molar-refractivity contribution in [1.29, 1.82) is 0 Å². The summed E-state index contributed by atoms with van der Waals surface area (Å²) in [6.45, 7) is 7.82. The molecule has 2 aliphatic heterocycles. The van der Waals surface area contributed by atoms with E-state index in [1.165, 1.54) is 38.8 Å². The number of amides is 1. The SMILES string of the molecule is COCCN(C[C@@H]1CCCN2CCCC[C@H]12)C(=O)CCc1c(C)c2ccc(O)c(C)c2oc1=O. The summed E-state index contributed by atoms with van der Waals surface area (Å²) in [6.07, 6.45) is 6.74. The van der Waals surface area contributed by atoms with Crippen molar-refractivity contribution in [2.45, 2.75) is 64.8 Å². The van der Waals surface area contributed by atoms with Gasteiger partial charge in [-0.3, -0.25) is 4.79 Å². The number of carbonyl (C=O) groups is 1. The van der Waals surface area contributed by atoms with E-state index >= 15 is 0 Å². The van der Waals surface area contributed by atoms with E-state index < -0.39 is 5.63 Å². The second-order valence-corrected chi connectivity index (χ2v) is 9.91. The lowest BCUT2D eigenvalue weighted by Gasteiger charge is -2.45. The Hall–Kier alpha value is -2.38. The number of hydrogen-bond donors (Lipinski definition) is 1. The van der Waals surface area contributed by atoms with Crippen LogP contribution >= 0.6 is 0 Å². The molecule has 0 bridgehead atoms. The van der Waals surface area contributed by atoms with Gasteiger partial charge in [0.15, 0.2) is 0 Å². The molecule has 2 fully saturated rings. The number of piperidine rings is 2. The number of methoxy groups -OCH3 is 1. The first-order valence-corrected chi connectivity index (χ1v) is 12.7. The lowest BCUT2D eigenvalue weighted by atomic mass is 9.83. The molecule has 2 aromatic rings. The fourth-order valence-electron chi connectivity index (χ4n) is 5.85. The predicted molar refractivity (Wildman–Crippen MR) is 132 cm³/mol. The lowest BCUT2D eigenvalue weighted by molar-refractivity contribution is -0.133. The van der Waals surface area contributed by atoms with Gasteiger partial charge in [0.05, 0.1) is 6.61 Å². The molecule has 0 aliphatic carbocycles. The van der Waals surface area contributed by atoms with Gasteiger partial charge in [0, 0.05) is 49.2 Å². The van der Waals surface area contributed by atoms with Gasteiger partial charge in [-0.2, -0.15) is 0 Å². The zero-order valence-electron chi connectivity index (χ0n) is 20.8. The number of aromatic hydroxyl groups is 1. The van der Waals surface area contributed by atoms with Crippen LogP contribution in [-0.4, -0.2) is 66.8 Å². The van der Waals surface area contributed by atoms with Crippen LogP contribution in [0.5, 0.6) is 5.75 Å². The molecule has 0 radical (unpaired) electrons. The first-order chi connectivity index (χ1) is 16.4. The molecule has 3 heterocycles. The molecule has 4 rings (SSSR count). The number of nitrogens with zero attached hydrogens (tertiary/aromatic N) is 2. The molecular formula is C27H38N2O5. The molecule has 1 amide bonds. The molecule has 2 saturated heterocycles. The Kier molecular flexibility index (Phi) is 7.94. The summed E-state index contributed by atoms with van der Waals surface area (Å²) in [5.41, 5.74) is 1.88. The molecule has 186 valence electrons. The Bertz CT molecular complexity index is 1080. The molecular weight excluding hydrogens is 432 g/mol. The summed E-state index contributed by atoms with van der Waals surface area (Å²) in [5.74, 6) is 0.662. The van der Waals surface area contributed by atoms with E-state index in [1.807, 2.05) is 11.8 Å². The number of phenolic OH excluding ortho intramolecular Hbond substituents is 1. The third kappa shape index (κ3) is 5.15. The van der Waals surface area contributed by atoms with E-state index in [0.717, 1.165) is 23.9 Å². The van der Waals surface area contributed by atoms with Gasteiger partial charge in [0.1, 0.15) is 11.3 Å². The first kappa shape index (κ1) is 24.7. The Morgan fingerprint density at radius 1 is 1.18 bits per heavy atom. The summed E-state index contributed by atoms with van der Waals surface area (Å²) < 4.78 is 10.9. The van der Waals surface area contributed by atoms with Crippen LogP contribution in [0.4, 0.5) is 0 Å². The van der Waals surface area contributed by atoms with Gasteiger partial charge in [0.2, 0.25) is 5.91 Å². The normalized spacial score (nSPS) is 20.9. The molecule has 0 spiro atoms. The van der Waals surface area contributed by atoms with Crippen molar-refractivity contribution in [2.24, 2.45) is 5.92 Å².